The molecule has 1 aliphatic heterocycles. The molecule has 0 radical (unpaired) electrons. The Kier molecular flexibility index (Phi) is 4.34. The van der Waals surface area contributed by atoms with Crippen LogP contribution in [0.15, 0.2) is 12.1 Å². The maximum atomic E-state index is 14.1. The maximum absolute atomic E-state index is 14.1. The van der Waals surface area contributed by atoms with Crippen molar-refractivity contribution in [2.24, 2.45) is 0 Å². The highest BCUT2D eigenvalue weighted by molar-refractivity contribution is 8.00. The minimum absolute atomic E-state index is 0.0965. The third kappa shape index (κ3) is 3.03. The molecule has 2 rings (SSSR count). The first kappa shape index (κ1) is 14.2. The first-order chi connectivity index (χ1) is 9.02. The number of carbonyl (C=O) groups excluding carboxylic acids is 1. The van der Waals surface area contributed by atoms with Gasteiger partial charge in [0, 0.05) is 29.8 Å². The van der Waals surface area contributed by atoms with Gasteiger partial charge in [0.2, 0.25) is 0 Å². The molecular weight excluding hydrogens is 263 g/mol. The summed E-state index contributed by atoms with van der Waals surface area (Å²) in [6.45, 7) is 5.10. The number of nitrogens with two attached hydrogens (primary N) is 1. The number of rotatable bonds is 2. The Morgan fingerprint density at radius 3 is 3.00 bits per heavy atom. The van der Waals surface area contributed by atoms with Crippen molar-refractivity contribution in [3.05, 3.63) is 29.1 Å². The van der Waals surface area contributed by atoms with Gasteiger partial charge >= 0.3 is 0 Å². The Hall–Kier alpha value is -1.23. The van der Waals surface area contributed by atoms with Gasteiger partial charge in [-0.25, -0.2) is 4.39 Å². The Balaban J connectivity index is 2.24. The van der Waals surface area contributed by atoms with Crippen LogP contribution in [0.2, 0.25) is 0 Å². The highest BCUT2D eigenvalue weighted by Crippen LogP contribution is 2.24. The smallest absolute Gasteiger partial charge is 0.256 e. The van der Waals surface area contributed by atoms with Crippen LogP contribution in [-0.4, -0.2) is 34.9 Å². The summed E-state index contributed by atoms with van der Waals surface area (Å²) < 4.78 is 14.1. The second-order valence-corrected chi connectivity index (χ2v) is 6.26. The molecule has 1 heterocycles. The lowest BCUT2D eigenvalue weighted by molar-refractivity contribution is 0.0756. The van der Waals surface area contributed by atoms with E-state index in [9.17, 15) is 9.18 Å². The molecular formula is C14H19FN2OS. The number of nitrogens with zero attached hydrogens (tertiary/aromatic N) is 1. The first-order valence-corrected chi connectivity index (χ1v) is 7.54. The summed E-state index contributed by atoms with van der Waals surface area (Å²) in [6, 6.07) is 2.99. The second kappa shape index (κ2) is 5.82. The van der Waals surface area contributed by atoms with Gasteiger partial charge in [-0.1, -0.05) is 6.92 Å². The zero-order chi connectivity index (χ0) is 14.0. The largest absolute Gasteiger partial charge is 0.399 e. The van der Waals surface area contributed by atoms with Gasteiger partial charge < -0.3 is 10.6 Å². The number of halogens is 1. The van der Waals surface area contributed by atoms with Gasteiger partial charge in [-0.3, -0.25) is 4.79 Å². The number of benzene rings is 1. The van der Waals surface area contributed by atoms with Crippen LogP contribution in [0.5, 0.6) is 0 Å². The van der Waals surface area contributed by atoms with Crippen LogP contribution in [0.3, 0.4) is 0 Å². The molecule has 1 atom stereocenters. The van der Waals surface area contributed by atoms with E-state index in [-0.39, 0.29) is 11.5 Å². The van der Waals surface area contributed by atoms with Crippen LogP contribution >= 0.6 is 11.8 Å². The molecule has 1 unspecified atom stereocenters. The van der Waals surface area contributed by atoms with Gasteiger partial charge in [0.05, 0.1) is 5.56 Å². The Labute approximate surface area is 117 Å². The second-order valence-electron chi connectivity index (χ2n) is 4.85. The standard InChI is InChI=1S/C14H19FN2OS/c1-3-11-8-17(4-5-19-11)14(18)12-7-10(16)6-9(2)13(12)15/h6-7,11H,3-5,8,16H2,1-2H3. The van der Waals surface area contributed by atoms with Crippen molar-refractivity contribution in [1.82, 2.24) is 4.90 Å². The molecule has 1 saturated heterocycles. The van der Waals surface area contributed by atoms with Gasteiger partial charge in [0.1, 0.15) is 5.82 Å². The summed E-state index contributed by atoms with van der Waals surface area (Å²) in [6.07, 6.45) is 1.02. The van der Waals surface area contributed by atoms with E-state index in [1.54, 1.807) is 17.9 Å². The predicted octanol–water partition coefficient (Wildman–Crippen LogP) is 2.68. The number of anilines is 1. The average molecular weight is 282 g/mol. The predicted molar refractivity (Wildman–Crippen MR) is 78.0 cm³/mol. The Morgan fingerprint density at radius 1 is 1.58 bits per heavy atom. The van der Waals surface area contributed by atoms with E-state index in [4.69, 9.17) is 5.73 Å². The molecule has 1 aromatic carbocycles. The van der Waals surface area contributed by atoms with Crippen molar-refractivity contribution in [2.45, 2.75) is 25.5 Å². The Bertz CT molecular complexity index is 493. The fourth-order valence-electron chi connectivity index (χ4n) is 2.27. The summed E-state index contributed by atoms with van der Waals surface area (Å²) in [5, 5.41) is 0.447. The lowest BCUT2D eigenvalue weighted by Crippen LogP contribution is -2.42. The summed E-state index contributed by atoms with van der Waals surface area (Å²) >= 11 is 1.88. The fraction of sp³-hybridized carbons (Fsp3) is 0.500. The fourth-order valence-corrected chi connectivity index (χ4v) is 3.45. The lowest BCUT2D eigenvalue weighted by Gasteiger charge is -2.32. The van der Waals surface area contributed by atoms with Gasteiger partial charge in [-0.05, 0) is 31.0 Å². The van der Waals surface area contributed by atoms with Crippen LogP contribution in [0.4, 0.5) is 10.1 Å². The van der Waals surface area contributed by atoms with Crippen LogP contribution in [0, 0.1) is 12.7 Å². The van der Waals surface area contributed by atoms with Gasteiger partial charge in [0.15, 0.2) is 0 Å². The molecule has 1 aromatic rings. The van der Waals surface area contributed by atoms with Crippen molar-refractivity contribution in [3.8, 4) is 0 Å². The van der Waals surface area contributed by atoms with Gasteiger partial charge in [-0.15, -0.1) is 0 Å². The summed E-state index contributed by atoms with van der Waals surface area (Å²) in [7, 11) is 0. The van der Waals surface area contributed by atoms with E-state index in [1.807, 2.05) is 11.8 Å². The minimum atomic E-state index is -0.453. The van der Waals surface area contributed by atoms with E-state index in [0.29, 0.717) is 29.6 Å². The quantitative estimate of drug-likeness (QED) is 0.848. The SMILES string of the molecule is CCC1CN(C(=O)c2cc(N)cc(C)c2F)CCS1. The first-order valence-electron chi connectivity index (χ1n) is 6.49. The van der Waals surface area contributed by atoms with Crippen molar-refractivity contribution < 1.29 is 9.18 Å². The third-order valence-electron chi connectivity index (χ3n) is 3.39. The van der Waals surface area contributed by atoms with Gasteiger partial charge in [0.25, 0.3) is 5.91 Å². The molecule has 1 fully saturated rings. The van der Waals surface area contributed by atoms with E-state index in [2.05, 4.69) is 6.92 Å². The number of aryl methyl sites for hydroxylation is 1. The molecule has 5 heteroatoms. The third-order valence-corrected chi connectivity index (χ3v) is 4.76. The average Bonchev–Trinajstić information content (AvgIpc) is 2.42. The molecule has 2 N–H and O–H groups in total. The van der Waals surface area contributed by atoms with E-state index in [1.165, 1.54) is 6.07 Å². The lowest BCUT2D eigenvalue weighted by atomic mass is 10.1. The normalized spacial score (nSPS) is 19.5. The summed E-state index contributed by atoms with van der Waals surface area (Å²) in [5.41, 5.74) is 6.65. The van der Waals surface area contributed by atoms with E-state index < -0.39 is 5.82 Å². The van der Waals surface area contributed by atoms with E-state index >= 15 is 0 Å². The highest BCUT2D eigenvalue weighted by Gasteiger charge is 2.26. The maximum Gasteiger partial charge on any atom is 0.256 e. The molecule has 3 nitrogen and oxygen atoms in total. The van der Waals surface area contributed by atoms with Crippen LogP contribution in [0.1, 0.15) is 29.3 Å². The topological polar surface area (TPSA) is 46.3 Å². The molecule has 1 amide bonds. The molecule has 104 valence electrons. The Morgan fingerprint density at radius 2 is 2.32 bits per heavy atom. The van der Waals surface area contributed by atoms with Crippen molar-refractivity contribution in [2.75, 3.05) is 24.6 Å². The van der Waals surface area contributed by atoms with Crippen LogP contribution in [-0.2, 0) is 0 Å². The van der Waals surface area contributed by atoms with Crippen molar-refractivity contribution in [3.63, 3.8) is 0 Å². The molecule has 0 saturated carbocycles. The monoisotopic (exact) mass is 282 g/mol. The number of hydrogen-bond donors (Lipinski definition) is 1. The molecule has 0 aromatic heterocycles. The number of amides is 1. The zero-order valence-corrected chi connectivity index (χ0v) is 12.1. The highest BCUT2D eigenvalue weighted by atomic mass is 32.2. The molecule has 0 spiro atoms. The molecule has 19 heavy (non-hydrogen) atoms. The van der Waals surface area contributed by atoms with Crippen molar-refractivity contribution >= 4 is 23.4 Å². The van der Waals surface area contributed by atoms with Crippen LogP contribution < -0.4 is 5.73 Å². The van der Waals surface area contributed by atoms with Crippen LogP contribution in [0.25, 0.3) is 0 Å². The number of thioether (sulfide) groups is 1. The molecule has 0 aliphatic carbocycles. The minimum Gasteiger partial charge on any atom is -0.399 e. The number of nitrogen functional groups attached to an aromatic ring is 1. The van der Waals surface area contributed by atoms with Gasteiger partial charge in [-0.2, -0.15) is 11.8 Å². The van der Waals surface area contributed by atoms with Crippen molar-refractivity contribution in [1.29, 1.82) is 0 Å². The zero-order valence-electron chi connectivity index (χ0n) is 11.3. The summed E-state index contributed by atoms with van der Waals surface area (Å²) in [5.74, 6) is 0.213. The molecule has 1 aliphatic rings. The number of hydrogen-bond acceptors (Lipinski definition) is 3. The summed E-state index contributed by atoms with van der Waals surface area (Å²) in [4.78, 5) is 14.1. The van der Waals surface area contributed by atoms with E-state index in [0.717, 1.165) is 12.2 Å². The molecule has 0 bridgehead atoms. The number of carbonyl (C=O) groups is 1.